The van der Waals surface area contributed by atoms with Gasteiger partial charge in [-0.15, -0.1) is 0 Å². The number of rotatable bonds is 5. The minimum atomic E-state index is -3.81. The lowest BCUT2D eigenvalue weighted by Gasteiger charge is -2.27. The zero-order valence-corrected chi connectivity index (χ0v) is 12.5. The van der Waals surface area contributed by atoms with Gasteiger partial charge in [-0.05, 0) is 47.5 Å². The first-order valence-corrected chi connectivity index (χ1v) is 7.61. The second kappa shape index (κ2) is 5.64. The average molecular weight is 340 g/mol. The van der Waals surface area contributed by atoms with E-state index in [0.29, 0.717) is 6.42 Å². The summed E-state index contributed by atoms with van der Waals surface area (Å²) < 4.78 is 39.7. The standard InChI is InChI=1S/C11H15BrFNO3S/c1-3-11(2,7-15)14-18(16,17)10-5-4-8(13)6-9(10)12/h4-6,14-15H,3,7H2,1-2H3. The van der Waals surface area contributed by atoms with Crippen LogP contribution < -0.4 is 4.72 Å². The van der Waals surface area contributed by atoms with E-state index in [1.807, 2.05) is 0 Å². The Bertz CT molecular complexity index is 529. The van der Waals surface area contributed by atoms with Gasteiger partial charge >= 0.3 is 0 Å². The fraction of sp³-hybridized carbons (Fsp3) is 0.455. The van der Waals surface area contributed by atoms with Crippen molar-refractivity contribution >= 4 is 26.0 Å². The van der Waals surface area contributed by atoms with Crippen LogP contribution in [0, 0.1) is 5.82 Å². The maximum absolute atomic E-state index is 12.9. The lowest BCUT2D eigenvalue weighted by molar-refractivity contribution is 0.191. The van der Waals surface area contributed by atoms with Crippen LogP contribution in [0.25, 0.3) is 0 Å². The average Bonchev–Trinajstić information content (AvgIpc) is 2.27. The Balaban J connectivity index is 3.15. The molecule has 4 nitrogen and oxygen atoms in total. The Morgan fingerprint density at radius 3 is 2.56 bits per heavy atom. The second-order valence-corrected chi connectivity index (χ2v) is 6.76. The summed E-state index contributed by atoms with van der Waals surface area (Å²) in [6.07, 6.45) is 0.432. The van der Waals surface area contributed by atoms with Crippen molar-refractivity contribution in [1.82, 2.24) is 4.72 Å². The summed E-state index contributed by atoms with van der Waals surface area (Å²) in [5.41, 5.74) is -0.938. The van der Waals surface area contributed by atoms with E-state index >= 15 is 0 Å². The van der Waals surface area contributed by atoms with Crippen molar-refractivity contribution in [1.29, 1.82) is 0 Å². The Labute approximate surface area is 114 Å². The minimum absolute atomic E-state index is 0.0583. The molecule has 1 unspecified atom stereocenters. The van der Waals surface area contributed by atoms with E-state index in [0.717, 1.165) is 12.1 Å². The summed E-state index contributed by atoms with van der Waals surface area (Å²) in [6.45, 7) is 3.04. The molecule has 2 N–H and O–H groups in total. The molecule has 0 amide bonds. The van der Waals surface area contributed by atoms with Crippen LogP contribution in [0.4, 0.5) is 4.39 Å². The predicted molar refractivity (Wildman–Crippen MR) is 70.2 cm³/mol. The molecule has 0 bridgehead atoms. The number of nitrogens with one attached hydrogen (secondary N) is 1. The lowest BCUT2D eigenvalue weighted by Crippen LogP contribution is -2.48. The van der Waals surface area contributed by atoms with E-state index in [9.17, 15) is 17.9 Å². The molecule has 1 rings (SSSR count). The molecule has 0 spiro atoms. The molecule has 1 atom stereocenters. The van der Waals surface area contributed by atoms with Crippen molar-refractivity contribution in [2.75, 3.05) is 6.61 Å². The second-order valence-electron chi connectivity index (χ2n) is 4.25. The Hall–Kier alpha value is -0.500. The zero-order valence-electron chi connectivity index (χ0n) is 10.1. The molecule has 0 saturated heterocycles. The third-order valence-corrected chi connectivity index (χ3v) is 5.31. The molecule has 0 aliphatic rings. The molecule has 0 heterocycles. The molecule has 102 valence electrons. The first kappa shape index (κ1) is 15.6. The molecular formula is C11H15BrFNO3S. The Morgan fingerprint density at radius 2 is 2.11 bits per heavy atom. The first-order valence-electron chi connectivity index (χ1n) is 5.34. The van der Waals surface area contributed by atoms with Gasteiger partial charge in [0.2, 0.25) is 10.0 Å². The summed E-state index contributed by atoms with van der Waals surface area (Å²) >= 11 is 3.01. The number of benzene rings is 1. The molecule has 18 heavy (non-hydrogen) atoms. The van der Waals surface area contributed by atoms with Gasteiger partial charge < -0.3 is 5.11 Å². The number of hydrogen-bond acceptors (Lipinski definition) is 3. The highest BCUT2D eigenvalue weighted by Crippen LogP contribution is 2.24. The van der Waals surface area contributed by atoms with Crippen molar-refractivity contribution < 1.29 is 17.9 Å². The van der Waals surface area contributed by atoms with Crippen LogP contribution in [0.1, 0.15) is 20.3 Å². The molecule has 0 aliphatic heterocycles. The van der Waals surface area contributed by atoms with Gasteiger partial charge in [0.05, 0.1) is 17.0 Å². The maximum Gasteiger partial charge on any atom is 0.242 e. The minimum Gasteiger partial charge on any atom is -0.394 e. The highest BCUT2D eigenvalue weighted by molar-refractivity contribution is 9.10. The first-order chi connectivity index (χ1) is 8.24. The van der Waals surface area contributed by atoms with Gasteiger partial charge in [-0.1, -0.05) is 6.92 Å². The number of aliphatic hydroxyl groups excluding tert-OH is 1. The molecule has 7 heteroatoms. The summed E-state index contributed by atoms with van der Waals surface area (Å²) in [6, 6.07) is 3.33. The molecule has 1 aromatic carbocycles. The third-order valence-electron chi connectivity index (χ3n) is 2.69. The number of halogens is 2. The molecule has 0 radical (unpaired) electrons. The van der Waals surface area contributed by atoms with Crippen molar-refractivity contribution in [3.63, 3.8) is 0 Å². The van der Waals surface area contributed by atoms with Gasteiger partial charge in [-0.2, -0.15) is 0 Å². The topological polar surface area (TPSA) is 66.4 Å². The van der Waals surface area contributed by atoms with Crippen LogP contribution in [0.15, 0.2) is 27.6 Å². The predicted octanol–water partition coefficient (Wildman–Crippen LogP) is 2.03. The molecule has 1 aromatic rings. The summed E-state index contributed by atoms with van der Waals surface area (Å²) in [7, 11) is -3.81. The van der Waals surface area contributed by atoms with Crippen LogP contribution in [0.5, 0.6) is 0 Å². The van der Waals surface area contributed by atoms with Crippen molar-refractivity contribution in [3.8, 4) is 0 Å². The highest BCUT2D eigenvalue weighted by atomic mass is 79.9. The molecular weight excluding hydrogens is 325 g/mol. The maximum atomic E-state index is 12.9. The van der Waals surface area contributed by atoms with Crippen LogP contribution in [0.2, 0.25) is 0 Å². The highest BCUT2D eigenvalue weighted by Gasteiger charge is 2.29. The smallest absolute Gasteiger partial charge is 0.242 e. The molecule has 0 saturated carbocycles. The van der Waals surface area contributed by atoms with Gasteiger partial charge in [-0.3, -0.25) is 0 Å². The van der Waals surface area contributed by atoms with Crippen molar-refractivity contribution in [3.05, 3.63) is 28.5 Å². The lowest BCUT2D eigenvalue weighted by atomic mass is 10.0. The van der Waals surface area contributed by atoms with E-state index in [-0.39, 0.29) is 16.0 Å². The summed E-state index contributed by atoms with van der Waals surface area (Å²) in [4.78, 5) is -0.0583. The fourth-order valence-corrected chi connectivity index (χ4v) is 3.81. The van der Waals surface area contributed by atoms with E-state index < -0.39 is 21.4 Å². The van der Waals surface area contributed by atoms with E-state index in [1.165, 1.54) is 6.07 Å². The van der Waals surface area contributed by atoms with Crippen LogP contribution in [-0.2, 0) is 10.0 Å². The van der Waals surface area contributed by atoms with Gasteiger partial charge in [0.1, 0.15) is 5.82 Å². The number of hydrogen-bond donors (Lipinski definition) is 2. The fourth-order valence-electron chi connectivity index (χ4n) is 1.29. The van der Waals surface area contributed by atoms with E-state index in [4.69, 9.17) is 0 Å². The summed E-state index contributed by atoms with van der Waals surface area (Å²) in [5.74, 6) is -0.527. The largest absolute Gasteiger partial charge is 0.394 e. The quantitative estimate of drug-likeness (QED) is 0.862. The van der Waals surface area contributed by atoms with E-state index in [2.05, 4.69) is 20.7 Å². The Morgan fingerprint density at radius 1 is 1.50 bits per heavy atom. The van der Waals surface area contributed by atoms with Crippen LogP contribution >= 0.6 is 15.9 Å². The SMILES string of the molecule is CCC(C)(CO)NS(=O)(=O)c1ccc(F)cc1Br. The number of aliphatic hydroxyl groups is 1. The zero-order chi connectivity index (χ0) is 14.0. The van der Waals surface area contributed by atoms with Gasteiger partial charge in [0.25, 0.3) is 0 Å². The molecule has 0 aliphatic carbocycles. The van der Waals surface area contributed by atoms with E-state index in [1.54, 1.807) is 13.8 Å². The van der Waals surface area contributed by atoms with Crippen LogP contribution in [0.3, 0.4) is 0 Å². The van der Waals surface area contributed by atoms with Crippen molar-refractivity contribution in [2.24, 2.45) is 0 Å². The number of sulfonamides is 1. The van der Waals surface area contributed by atoms with Gasteiger partial charge in [0.15, 0.2) is 0 Å². The van der Waals surface area contributed by atoms with Crippen molar-refractivity contribution in [2.45, 2.75) is 30.7 Å². The van der Waals surface area contributed by atoms with Crippen LogP contribution in [-0.4, -0.2) is 25.7 Å². The van der Waals surface area contributed by atoms with Gasteiger partial charge in [0, 0.05) is 4.47 Å². The molecule has 0 aromatic heterocycles. The third kappa shape index (κ3) is 3.50. The molecule has 0 fully saturated rings. The normalized spacial score (nSPS) is 15.4. The Kier molecular flexibility index (Phi) is 4.88. The summed E-state index contributed by atoms with van der Waals surface area (Å²) in [5, 5.41) is 9.21. The monoisotopic (exact) mass is 339 g/mol. The van der Waals surface area contributed by atoms with Gasteiger partial charge in [-0.25, -0.2) is 17.5 Å².